The van der Waals surface area contributed by atoms with Crippen molar-refractivity contribution in [2.24, 2.45) is 34.8 Å². The molecule has 37 heteroatoms. The van der Waals surface area contributed by atoms with Gasteiger partial charge in [-0.15, -0.1) is 0 Å². The van der Waals surface area contributed by atoms with Crippen LogP contribution in [0.5, 0.6) is 5.75 Å². The van der Waals surface area contributed by atoms with Gasteiger partial charge in [0.1, 0.15) is 66.2 Å². The lowest BCUT2D eigenvalue weighted by molar-refractivity contribution is -0.137. The Morgan fingerprint density at radius 1 is 0.425 bits per heavy atom. The number of fused-ring (bicyclic) bond motifs is 2. The van der Waals surface area contributed by atoms with E-state index in [0.717, 1.165) is 26.2 Å². The quantitative estimate of drug-likeness (QED) is 0.0168. The van der Waals surface area contributed by atoms with E-state index in [1.807, 2.05) is 0 Å². The number of phenols is 1. The van der Waals surface area contributed by atoms with Gasteiger partial charge >= 0.3 is 0 Å². The molecule has 618 valence electrons. The van der Waals surface area contributed by atoms with Crippen molar-refractivity contribution in [1.29, 1.82) is 0 Å². The summed E-state index contributed by atoms with van der Waals surface area (Å²) < 4.78 is 0. The number of aromatic amines is 2. The third-order valence-electron chi connectivity index (χ3n) is 18.6. The highest BCUT2D eigenvalue weighted by Crippen LogP contribution is 2.23. The van der Waals surface area contributed by atoms with Crippen LogP contribution in [0.1, 0.15) is 129 Å². The second-order valence-corrected chi connectivity index (χ2v) is 28.3. The van der Waals surface area contributed by atoms with Crippen LogP contribution >= 0.6 is 0 Å². The molecule has 0 fully saturated rings. The zero-order chi connectivity index (χ0) is 83.4. The second-order valence-electron chi connectivity index (χ2n) is 28.3. The summed E-state index contributed by atoms with van der Waals surface area (Å²) in [6.07, 6.45) is 3.72. The predicted molar refractivity (Wildman–Crippen MR) is 416 cm³/mol. The monoisotopic (exact) mass is 1580 g/mol. The summed E-state index contributed by atoms with van der Waals surface area (Å²) in [6, 6.07) is 4.59. The molecule has 5 aromatic rings. The van der Waals surface area contributed by atoms with E-state index in [4.69, 9.17) is 22.9 Å². The molecular formula is C76H111N19O18. The van der Waals surface area contributed by atoms with Crippen LogP contribution in [0.3, 0.4) is 0 Å². The minimum Gasteiger partial charge on any atom is -0.508 e. The van der Waals surface area contributed by atoms with Crippen LogP contribution in [0.4, 0.5) is 0 Å². The molecule has 0 aliphatic carbocycles. The Morgan fingerprint density at radius 3 is 1.41 bits per heavy atom. The van der Waals surface area contributed by atoms with E-state index in [-0.39, 0.29) is 76.6 Å². The number of para-hydroxylation sites is 2. The van der Waals surface area contributed by atoms with E-state index >= 15 is 0 Å². The number of rotatable bonds is 50. The summed E-state index contributed by atoms with van der Waals surface area (Å²) in [4.78, 5) is 211. The number of hydrogen-bond acceptors (Lipinski definition) is 20. The van der Waals surface area contributed by atoms with Crippen molar-refractivity contribution in [3.8, 4) is 5.75 Å². The molecule has 12 atom stereocenters. The molecule has 113 heavy (non-hydrogen) atoms. The maximum atomic E-state index is 14.8. The van der Waals surface area contributed by atoms with Gasteiger partial charge in [-0.2, -0.15) is 0 Å². The first kappa shape index (κ1) is 92.0. The highest BCUT2D eigenvalue weighted by atomic mass is 16.3. The lowest BCUT2D eigenvalue weighted by Gasteiger charge is -2.30. The van der Waals surface area contributed by atoms with Crippen molar-refractivity contribution in [2.75, 3.05) is 39.3 Å². The van der Waals surface area contributed by atoms with Crippen molar-refractivity contribution >= 4 is 110 Å². The lowest BCUT2D eigenvalue weighted by atomic mass is 9.96. The molecule has 3 aromatic carbocycles. The van der Waals surface area contributed by atoms with Gasteiger partial charge in [-0.05, 0) is 112 Å². The van der Waals surface area contributed by atoms with Crippen LogP contribution in [0, 0.1) is 11.8 Å². The number of nitrogens with one attached hydrogen (secondary N) is 15. The fourth-order valence-electron chi connectivity index (χ4n) is 12.0. The number of nitrogens with two attached hydrogens (primary N) is 4. The SMILES string of the molecule is CC[C@H](C)[C@H](NC(=O)[C@@H](NC(=O)[C@H](Cc1c[nH]c2ccccc12)NC(=O)[C@@H](CCCN)NC(=O)CNC(=O)[C@H](C)NC(=O)[C@@H](CCCN)NC(=O)[C@@H](Cc1c[nH]c2ccccc12)NC(=O)[C@@H](Cc1ccc(O)cc1)NC(=O)[C@@H](CO)NC(=O)CCCCCC(C)C)[C@@H](C)O)C(=O)N[C@@H](CC(N)=O)C(=O)NCC(=O)NCC(N)=O. The first-order valence-corrected chi connectivity index (χ1v) is 37.7. The summed E-state index contributed by atoms with van der Waals surface area (Å²) in [6.45, 7) is 7.08. The van der Waals surface area contributed by atoms with Crippen LogP contribution in [-0.2, 0) is 91.2 Å². The van der Waals surface area contributed by atoms with E-state index in [2.05, 4.69) is 92.9 Å². The lowest BCUT2D eigenvalue weighted by Crippen LogP contribution is -2.62. The predicted octanol–water partition coefficient (Wildman–Crippen LogP) is -3.54. The average molecular weight is 1580 g/mol. The standard InChI is InChI=1S/C76H111N19O18/c1-7-42(4)65(75(112)93-58(34-60(79)99)68(105)85-38-63(102)83-37-61(80)100)94-76(113)66(44(6)97)95-73(110)57(33-47-36-82-52-21-14-12-19-50(47)52)91-70(107)53(22-15-29-77)87-64(103)39-84-67(104)43(5)86-69(106)54(23-16-30-78)89-72(109)56(32-46-35-81-51-20-13-11-18-49(46)51)92-71(108)55(31-45-25-27-48(98)28-26-45)90-74(111)59(40-96)88-62(101)24-10-8-9-17-41(2)3/h11-14,18-21,25-28,35-36,41-44,53-59,65-66,81-82,96-98H,7-10,15-17,22-24,29-34,37-40,77-78H2,1-6H3,(H2,79,99)(H2,80,100)(H,83,102)(H,84,104)(H,85,105)(H,86,106)(H,87,103)(H,88,101)(H,89,109)(H,90,111)(H,91,107)(H,92,108)(H,93,112)(H,94,113)(H,95,110)/t42-,43-,44+,53+,54+,55+,56+,57-,58-,59+,65-,66-/m0/s1. The van der Waals surface area contributed by atoms with Gasteiger partial charge in [0.2, 0.25) is 88.6 Å². The van der Waals surface area contributed by atoms with Crippen LogP contribution in [0.2, 0.25) is 0 Å². The molecule has 0 radical (unpaired) electrons. The molecule has 0 aliphatic heterocycles. The molecule has 5 rings (SSSR count). The van der Waals surface area contributed by atoms with Gasteiger partial charge in [0.25, 0.3) is 0 Å². The molecule has 0 saturated carbocycles. The minimum absolute atomic E-state index is 0.0218. The number of benzene rings is 3. The first-order valence-electron chi connectivity index (χ1n) is 37.7. The zero-order valence-electron chi connectivity index (χ0n) is 64.5. The number of carbonyl (C=O) groups excluding carboxylic acids is 15. The summed E-state index contributed by atoms with van der Waals surface area (Å²) in [7, 11) is 0. The summed E-state index contributed by atoms with van der Waals surface area (Å²) >= 11 is 0. The number of aliphatic hydroxyl groups is 2. The molecular weight excluding hydrogens is 1470 g/mol. The van der Waals surface area contributed by atoms with Crippen molar-refractivity contribution in [2.45, 2.75) is 198 Å². The van der Waals surface area contributed by atoms with Crippen LogP contribution in [0.25, 0.3) is 21.8 Å². The third kappa shape index (κ3) is 30.9. The number of carbonyl (C=O) groups is 15. The van der Waals surface area contributed by atoms with E-state index in [9.17, 15) is 87.2 Å². The van der Waals surface area contributed by atoms with Crippen molar-refractivity contribution in [3.05, 3.63) is 102 Å². The van der Waals surface area contributed by atoms with Crippen molar-refractivity contribution < 1.29 is 87.2 Å². The Kier molecular flexibility index (Phi) is 38.2. The number of hydrogen-bond donors (Lipinski definition) is 22. The maximum Gasteiger partial charge on any atom is 0.245 e. The minimum atomic E-state index is -1.84. The summed E-state index contributed by atoms with van der Waals surface area (Å²) in [5.74, 6) is -14.1. The Bertz CT molecular complexity index is 4070. The number of aliphatic hydroxyl groups excluding tert-OH is 2. The second kappa shape index (κ2) is 46.9. The Hall–Kier alpha value is -11.6. The largest absolute Gasteiger partial charge is 0.508 e. The van der Waals surface area contributed by atoms with Gasteiger partial charge in [0, 0.05) is 59.9 Å². The number of amides is 15. The van der Waals surface area contributed by atoms with Crippen LogP contribution < -0.4 is 92.1 Å². The number of primary amides is 2. The summed E-state index contributed by atoms with van der Waals surface area (Å²) in [5, 5.41) is 65.3. The number of aromatic hydroxyl groups is 1. The van der Waals surface area contributed by atoms with Crippen molar-refractivity contribution in [3.63, 3.8) is 0 Å². The van der Waals surface area contributed by atoms with Crippen molar-refractivity contribution in [1.82, 2.24) is 79.1 Å². The van der Waals surface area contributed by atoms with E-state index < -0.39 is 194 Å². The first-order chi connectivity index (χ1) is 53.7. The maximum absolute atomic E-state index is 14.8. The Balaban J connectivity index is 1.31. The molecule has 0 bridgehead atoms. The number of H-pyrrole nitrogens is 2. The van der Waals surface area contributed by atoms with Gasteiger partial charge in [-0.1, -0.05) is 102 Å². The summed E-state index contributed by atoms with van der Waals surface area (Å²) in [5.41, 5.74) is 25.1. The third-order valence-corrected chi connectivity index (χ3v) is 18.6. The molecule has 0 aliphatic rings. The van der Waals surface area contributed by atoms with Crippen LogP contribution in [0.15, 0.2) is 85.2 Å². The Morgan fingerprint density at radius 2 is 0.885 bits per heavy atom. The highest BCUT2D eigenvalue weighted by molar-refractivity contribution is 6.01. The zero-order valence-corrected chi connectivity index (χ0v) is 64.5. The van der Waals surface area contributed by atoms with Gasteiger partial charge in [0.05, 0.1) is 38.8 Å². The molecule has 15 amide bonds. The van der Waals surface area contributed by atoms with Gasteiger partial charge < -0.3 is 117 Å². The van der Waals surface area contributed by atoms with Crippen LogP contribution in [-0.4, -0.2) is 220 Å². The molecule has 0 saturated heterocycles. The number of aromatic nitrogens is 2. The van der Waals surface area contributed by atoms with Gasteiger partial charge in [0.15, 0.2) is 0 Å². The smallest absolute Gasteiger partial charge is 0.245 e. The van der Waals surface area contributed by atoms with E-state index in [1.165, 1.54) is 31.2 Å². The Labute approximate surface area is 653 Å². The number of phenolic OH excluding ortho intramolecular Hbond substituents is 1. The normalized spacial score (nSPS) is 14.4. The molecule has 37 nitrogen and oxygen atoms in total. The van der Waals surface area contributed by atoms with E-state index in [1.54, 1.807) is 74.8 Å². The molecule has 0 spiro atoms. The van der Waals surface area contributed by atoms with Gasteiger partial charge in [-0.25, -0.2) is 0 Å². The molecule has 0 unspecified atom stereocenters. The van der Waals surface area contributed by atoms with E-state index in [0.29, 0.717) is 50.8 Å². The number of unbranched alkanes of at least 4 members (excludes halogenated alkanes) is 2. The highest BCUT2D eigenvalue weighted by Gasteiger charge is 2.38. The topological polar surface area (TPSA) is 609 Å². The fraction of sp³-hybridized carbons (Fsp3) is 0.513. The molecule has 2 aromatic heterocycles. The fourth-order valence-corrected chi connectivity index (χ4v) is 12.0. The van der Waals surface area contributed by atoms with Gasteiger partial charge in [-0.3, -0.25) is 71.9 Å². The average Bonchev–Trinajstić information content (AvgIpc) is 1.71. The molecule has 26 N–H and O–H groups in total. The molecule has 2 heterocycles.